The van der Waals surface area contributed by atoms with Gasteiger partial charge in [0, 0.05) is 19.6 Å². The molecule has 0 saturated heterocycles. The van der Waals surface area contributed by atoms with Crippen LogP contribution in [0, 0.1) is 11.2 Å². The lowest BCUT2D eigenvalue weighted by molar-refractivity contribution is -0.144. The molecule has 0 radical (unpaired) electrons. The second-order valence-electron chi connectivity index (χ2n) is 6.98. The van der Waals surface area contributed by atoms with Crippen LogP contribution in [0.2, 0.25) is 0 Å². The molecule has 1 aliphatic rings. The van der Waals surface area contributed by atoms with Gasteiger partial charge in [-0.3, -0.25) is 9.59 Å². The monoisotopic (exact) mass is 368 g/mol. The van der Waals surface area contributed by atoms with Crippen LogP contribution in [0.1, 0.15) is 30.9 Å². The standard InChI is InChI=1S/C22H25FN2O2/c1-2-25(16-17-8-4-3-5-9-17)21(27)22(13-14-22)20(26)24-15-12-18-10-6-7-11-19(18)23/h3-11H,2,12-16H2,1H3,(H,24,26). The average molecular weight is 368 g/mol. The summed E-state index contributed by atoms with van der Waals surface area (Å²) in [4.78, 5) is 27.4. The van der Waals surface area contributed by atoms with E-state index < -0.39 is 5.41 Å². The number of hydrogen-bond donors (Lipinski definition) is 1. The summed E-state index contributed by atoms with van der Waals surface area (Å²) >= 11 is 0. The Hall–Kier alpha value is -2.69. The summed E-state index contributed by atoms with van der Waals surface area (Å²) in [6.07, 6.45) is 1.55. The number of nitrogens with one attached hydrogen (secondary N) is 1. The van der Waals surface area contributed by atoms with Crippen LogP contribution in [0.3, 0.4) is 0 Å². The second-order valence-corrected chi connectivity index (χ2v) is 6.98. The van der Waals surface area contributed by atoms with E-state index in [1.807, 2.05) is 37.3 Å². The van der Waals surface area contributed by atoms with E-state index in [9.17, 15) is 14.0 Å². The van der Waals surface area contributed by atoms with E-state index in [0.29, 0.717) is 44.5 Å². The van der Waals surface area contributed by atoms with Crippen LogP contribution < -0.4 is 5.32 Å². The molecule has 27 heavy (non-hydrogen) atoms. The fourth-order valence-corrected chi connectivity index (χ4v) is 3.28. The van der Waals surface area contributed by atoms with Crippen LogP contribution in [0.4, 0.5) is 4.39 Å². The Labute approximate surface area is 159 Å². The van der Waals surface area contributed by atoms with Crippen molar-refractivity contribution in [1.29, 1.82) is 0 Å². The minimum Gasteiger partial charge on any atom is -0.355 e. The Bertz CT molecular complexity index is 803. The molecule has 0 atom stereocenters. The molecule has 0 aliphatic heterocycles. The van der Waals surface area contributed by atoms with Gasteiger partial charge in [-0.1, -0.05) is 48.5 Å². The van der Waals surface area contributed by atoms with Gasteiger partial charge in [-0.25, -0.2) is 4.39 Å². The first-order valence-electron chi connectivity index (χ1n) is 9.42. The van der Waals surface area contributed by atoms with Gasteiger partial charge in [-0.2, -0.15) is 0 Å². The molecule has 0 aromatic heterocycles. The van der Waals surface area contributed by atoms with Crippen LogP contribution in [0.5, 0.6) is 0 Å². The minimum absolute atomic E-state index is 0.114. The number of carbonyl (C=O) groups excluding carboxylic acids is 2. The third kappa shape index (κ3) is 4.35. The van der Waals surface area contributed by atoms with E-state index >= 15 is 0 Å². The van der Waals surface area contributed by atoms with Gasteiger partial charge in [0.1, 0.15) is 11.2 Å². The molecule has 0 spiro atoms. The van der Waals surface area contributed by atoms with Gasteiger partial charge in [-0.05, 0) is 43.4 Å². The molecule has 0 unspecified atom stereocenters. The van der Waals surface area contributed by atoms with Crippen LogP contribution in [-0.2, 0) is 22.6 Å². The van der Waals surface area contributed by atoms with E-state index in [2.05, 4.69) is 5.32 Å². The molecule has 2 aromatic rings. The molecule has 1 fully saturated rings. The molecule has 2 aromatic carbocycles. The number of benzene rings is 2. The van der Waals surface area contributed by atoms with Crippen molar-refractivity contribution in [1.82, 2.24) is 10.2 Å². The first-order chi connectivity index (χ1) is 13.1. The largest absolute Gasteiger partial charge is 0.355 e. The normalized spacial score (nSPS) is 14.4. The molecule has 2 amide bonds. The zero-order valence-corrected chi connectivity index (χ0v) is 15.6. The van der Waals surface area contributed by atoms with E-state index in [1.165, 1.54) is 6.07 Å². The predicted octanol–water partition coefficient (Wildman–Crippen LogP) is 3.31. The van der Waals surface area contributed by atoms with E-state index in [0.717, 1.165) is 5.56 Å². The molecule has 0 bridgehead atoms. The minimum atomic E-state index is -0.944. The van der Waals surface area contributed by atoms with Crippen molar-refractivity contribution in [2.45, 2.75) is 32.7 Å². The van der Waals surface area contributed by atoms with Gasteiger partial charge in [0.05, 0.1) is 0 Å². The third-order valence-electron chi connectivity index (χ3n) is 5.12. The molecule has 5 heteroatoms. The Morgan fingerprint density at radius 2 is 1.74 bits per heavy atom. The van der Waals surface area contributed by atoms with Crippen LogP contribution in [-0.4, -0.2) is 29.8 Å². The van der Waals surface area contributed by atoms with E-state index in [-0.39, 0.29) is 17.6 Å². The Kier molecular flexibility index (Phi) is 5.89. The van der Waals surface area contributed by atoms with Gasteiger partial charge in [-0.15, -0.1) is 0 Å². The maximum Gasteiger partial charge on any atom is 0.238 e. The molecular formula is C22H25FN2O2. The topological polar surface area (TPSA) is 49.4 Å². The summed E-state index contributed by atoms with van der Waals surface area (Å²) in [7, 11) is 0. The highest BCUT2D eigenvalue weighted by molar-refractivity contribution is 6.07. The highest BCUT2D eigenvalue weighted by Crippen LogP contribution is 2.47. The highest BCUT2D eigenvalue weighted by atomic mass is 19.1. The molecule has 1 aliphatic carbocycles. The van der Waals surface area contributed by atoms with Gasteiger partial charge in [0.25, 0.3) is 0 Å². The van der Waals surface area contributed by atoms with Crippen molar-refractivity contribution in [2.24, 2.45) is 5.41 Å². The van der Waals surface area contributed by atoms with Gasteiger partial charge in [0.2, 0.25) is 11.8 Å². The number of amides is 2. The Morgan fingerprint density at radius 1 is 1.07 bits per heavy atom. The molecule has 142 valence electrons. The van der Waals surface area contributed by atoms with Crippen molar-refractivity contribution in [3.8, 4) is 0 Å². The van der Waals surface area contributed by atoms with Crippen LogP contribution in [0.25, 0.3) is 0 Å². The lowest BCUT2D eigenvalue weighted by atomic mass is 10.0. The van der Waals surface area contributed by atoms with Crippen LogP contribution >= 0.6 is 0 Å². The van der Waals surface area contributed by atoms with Gasteiger partial charge < -0.3 is 10.2 Å². The molecular weight excluding hydrogens is 343 g/mol. The number of rotatable bonds is 8. The Morgan fingerprint density at radius 3 is 2.37 bits per heavy atom. The third-order valence-corrected chi connectivity index (χ3v) is 5.12. The maximum absolute atomic E-state index is 13.7. The predicted molar refractivity (Wildman–Crippen MR) is 102 cm³/mol. The molecule has 0 heterocycles. The SMILES string of the molecule is CCN(Cc1ccccc1)C(=O)C1(C(=O)NCCc2ccccc2F)CC1. The van der Waals surface area contributed by atoms with Crippen molar-refractivity contribution in [3.63, 3.8) is 0 Å². The number of carbonyl (C=O) groups is 2. The summed E-state index contributed by atoms with van der Waals surface area (Å²) in [6, 6.07) is 16.3. The Balaban J connectivity index is 1.58. The summed E-state index contributed by atoms with van der Waals surface area (Å²) < 4.78 is 13.7. The summed E-state index contributed by atoms with van der Waals surface area (Å²) in [5.74, 6) is -0.628. The number of hydrogen-bond acceptors (Lipinski definition) is 2. The van der Waals surface area contributed by atoms with Crippen molar-refractivity contribution < 1.29 is 14.0 Å². The highest BCUT2D eigenvalue weighted by Gasteiger charge is 2.57. The molecule has 3 rings (SSSR count). The molecule has 1 N–H and O–H groups in total. The first-order valence-corrected chi connectivity index (χ1v) is 9.42. The molecule has 1 saturated carbocycles. The number of nitrogens with zero attached hydrogens (tertiary/aromatic N) is 1. The van der Waals surface area contributed by atoms with Gasteiger partial charge >= 0.3 is 0 Å². The fourth-order valence-electron chi connectivity index (χ4n) is 3.28. The quantitative estimate of drug-likeness (QED) is 0.727. The summed E-state index contributed by atoms with van der Waals surface area (Å²) in [5.41, 5.74) is 0.664. The number of halogens is 1. The smallest absolute Gasteiger partial charge is 0.238 e. The lowest BCUT2D eigenvalue weighted by Crippen LogP contribution is -2.45. The summed E-state index contributed by atoms with van der Waals surface area (Å²) in [6.45, 7) is 3.30. The van der Waals surface area contributed by atoms with Crippen molar-refractivity contribution >= 4 is 11.8 Å². The van der Waals surface area contributed by atoms with Gasteiger partial charge in [0.15, 0.2) is 0 Å². The summed E-state index contributed by atoms with van der Waals surface area (Å²) in [5, 5.41) is 2.83. The lowest BCUT2D eigenvalue weighted by Gasteiger charge is -2.26. The zero-order chi connectivity index (χ0) is 19.3. The molecule has 4 nitrogen and oxygen atoms in total. The zero-order valence-electron chi connectivity index (χ0n) is 15.6. The van der Waals surface area contributed by atoms with Crippen molar-refractivity contribution in [2.75, 3.05) is 13.1 Å². The maximum atomic E-state index is 13.7. The average Bonchev–Trinajstić information content (AvgIpc) is 3.50. The fraction of sp³-hybridized carbons (Fsp3) is 0.364. The second kappa shape index (κ2) is 8.33. The van der Waals surface area contributed by atoms with E-state index in [4.69, 9.17) is 0 Å². The first kappa shape index (κ1) is 19.1. The van der Waals surface area contributed by atoms with Crippen molar-refractivity contribution in [3.05, 3.63) is 71.5 Å². The van der Waals surface area contributed by atoms with E-state index in [1.54, 1.807) is 23.1 Å². The van der Waals surface area contributed by atoms with Crippen LogP contribution in [0.15, 0.2) is 54.6 Å².